The largest absolute Gasteiger partial charge is 0.321 e. The zero-order chi connectivity index (χ0) is 37.3. The van der Waals surface area contributed by atoms with Gasteiger partial charge in [0.1, 0.15) is 12.6 Å². The van der Waals surface area contributed by atoms with Crippen molar-refractivity contribution in [3.8, 4) is 0 Å². The Morgan fingerprint density at radius 1 is 0.679 bits per heavy atom. The molecule has 4 aromatic rings. The second-order valence-corrected chi connectivity index (χ2v) is 15.0. The molecule has 6 unspecified atom stereocenters. The van der Waals surface area contributed by atoms with Gasteiger partial charge in [-0.05, 0) is 102 Å². The molecule has 284 valence electrons. The second-order valence-electron chi connectivity index (χ2n) is 15.0. The number of fused-ring (bicyclic) bond motifs is 2. The Kier molecular flexibility index (Phi) is 13.1. The summed E-state index contributed by atoms with van der Waals surface area (Å²) in [5.41, 5.74) is 8.81. The summed E-state index contributed by atoms with van der Waals surface area (Å²) in [6.45, 7) is 11.1. The van der Waals surface area contributed by atoms with Crippen molar-refractivity contribution in [1.29, 1.82) is 0 Å². The smallest absolute Gasteiger partial charge is 0.316 e. The number of hydrogen-bond acceptors (Lipinski definition) is 9. The molecule has 6 rings (SSSR count). The molecule has 53 heavy (non-hydrogen) atoms. The fourth-order valence-corrected chi connectivity index (χ4v) is 7.05. The Bertz CT molecular complexity index is 1840. The summed E-state index contributed by atoms with van der Waals surface area (Å²) in [7, 11) is 0. The first-order valence-corrected chi connectivity index (χ1v) is 19.0. The summed E-state index contributed by atoms with van der Waals surface area (Å²) in [5.74, 6) is 0.821. The molecule has 4 amide bonds. The predicted molar refractivity (Wildman–Crippen MR) is 215 cm³/mol. The molecule has 12 N–H and O–H groups in total. The van der Waals surface area contributed by atoms with Crippen molar-refractivity contribution in [3.63, 3.8) is 0 Å². The van der Waals surface area contributed by atoms with Gasteiger partial charge in [0.2, 0.25) is 0 Å². The van der Waals surface area contributed by atoms with Crippen LogP contribution in [0.1, 0.15) is 52.5 Å². The van der Waals surface area contributed by atoms with Gasteiger partial charge in [-0.1, -0.05) is 76.2 Å². The van der Waals surface area contributed by atoms with Gasteiger partial charge in [-0.2, -0.15) is 0 Å². The first-order chi connectivity index (χ1) is 25.6. The van der Waals surface area contributed by atoms with E-state index in [1.807, 2.05) is 54.6 Å². The first-order valence-electron chi connectivity index (χ1n) is 19.0. The summed E-state index contributed by atoms with van der Waals surface area (Å²) in [4.78, 5) is 25.7. The van der Waals surface area contributed by atoms with Crippen LogP contribution in [0.3, 0.4) is 0 Å². The number of rotatable bonds is 13. The molecule has 13 heteroatoms. The number of amides is 4. The highest BCUT2D eigenvalue weighted by atomic mass is 16.2. The number of nitrogens with two attached hydrogens (primary N) is 1. The Hall–Kier alpha value is -4.34. The molecular weight excluding hydrogens is 667 g/mol. The molecule has 2 heterocycles. The highest BCUT2D eigenvalue weighted by Gasteiger charge is 2.30. The maximum absolute atomic E-state index is 12.9. The van der Waals surface area contributed by atoms with Crippen LogP contribution < -0.4 is 58.9 Å². The molecule has 2 aliphatic heterocycles. The molecule has 4 aromatic carbocycles. The third-order valence-electron chi connectivity index (χ3n) is 10.1. The second kappa shape index (κ2) is 18.1. The van der Waals surface area contributed by atoms with Crippen LogP contribution in [-0.4, -0.2) is 62.1 Å². The fraction of sp³-hybridized carbons (Fsp3) is 0.450. The van der Waals surface area contributed by atoms with Crippen molar-refractivity contribution in [1.82, 2.24) is 42.5 Å². The fourth-order valence-electron chi connectivity index (χ4n) is 7.05. The van der Waals surface area contributed by atoms with Gasteiger partial charge in [0.05, 0.1) is 12.3 Å². The van der Waals surface area contributed by atoms with E-state index in [9.17, 15) is 9.59 Å². The summed E-state index contributed by atoms with van der Waals surface area (Å²) in [6, 6.07) is 26.3. The van der Waals surface area contributed by atoms with Gasteiger partial charge in [-0.3, -0.25) is 21.3 Å². The summed E-state index contributed by atoms with van der Waals surface area (Å²) < 4.78 is 0. The van der Waals surface area contributed by atoms with Crippen LogP contribution >= 0.6 is 0 Å². The van der Waals surface area contributed by atoms with Gasteiger partial charge in [-0.25, -0.2) is 9.59 Å². The minimum Gasteiger partial charge on any atom is -0.316 e. The van der Waals surface area contributed by atoms with Gasteiger partial charge < -0.3 is 37.6 Å². The number of carbonyl (C=O) groups excluding carboxylic acids is 2. The van der Waals surface area contributed by atoms with E-state index in [0.717, 1.165) is 71.8 Å². The van der Waals surface area contributed by atoms with Gasteiger partial charge >= 0.3 is 12.1 Å². The molecule has 13 nitrogen and oxygen atoms in total. The van der Waals surface area contributed by atoms with Crippen molar-refractivity contribution in [2.75, 3.05) is 23.7 Å². The highest BCUT2D eigenvalue weighted by Crippen LogP contribution is 2.22. The quantitative estimate of drug-likeness (QED) is 0.0892. The molecule has 0 aliphatic carbocycles. The van der Waals surface area contributed by atoms with Crippen LogP contribution in [0.4, 0.5) is 21.0 Å². The minimum absolute atomic E-state index is 0.0599. The standard InChI is InChI=1S/C40H57N11O2/c1-24(2)33-21-35(41)48-37(46-33)50-39(52)45-32-15-13-28-11-10-26(18-30(28)20-32)23-42-16-7-17-43-36-22-34(25(3)4)47-38(49-36)51-40(53)44-31-14-12-27-8-5-6-9-29(27)19-31/h5-6,8-15,18-20,24-25,33-38,42-43,46-49H,7,16-17,21-23,41H2,1-4H3,(H2,44,51,53)(H2,45,50,52). The summed E-state index contributed by atoms with van der Waals surface area (Å²) in [5, 5.41) is 37.2. The maximum Gasteiger partial charge on any atom is 0.321 e. The zero-order valence-electron chi connectivity index (χ0n) is 31.3. The van der Waals surface area contributed by atoms with E-state index in [-0.39, 0.29) is 42.8 Å². The van der Waals surface area contributed by atoms with Crippen LogP contribution in [0.25, 0.3) is 21.5 Å². The number of benzene rings is 4. The van der Waals surface area contributed by atoms with Crippen molar-refractivity contribution in [3.05, 3.63) is 84.4 Å². The van der Waals surface area contributed by atoms with Crippen molar-refractivity contribution in [2.24, 2.45) is 17.6 Å². The van der Waals surface area contributed by atoms with E-state index in [2.05, 4.69) is 105 Å². The third-order valence-corrected chi connectivity index (χ3v) is 10.1. The first kappa shape index (κ1) is 38.4. The average molecular weight is 724 g/mol. The Morgan fingerprint density at radius 2 is 1.26 bits per heavy atom. The lowest BCUT2D eigenvalue weighted by Crippen LogP contribution is -2.69. The Morgan fingerprint density at radius 3 is 1.94 bits per heavy atom. The molecule has 0 bridgehead atoms. The van der Waals surface area contributed by atoms with Crippen molar-refractivity contribution < 1.29 is 9.59 Å². The molecule has 2 saturated heterocycles. The summed E-state index contributed by atoms with van der Waals surface area (Å²) in [6.07, 6.45) is 1.77. The maximum atomic E-state index is 12.9. The lowest BCUT2D eigenvalue weighted by molar-refractivity contribution is 0.165. The number of carbonyl (C=O) groups is 2. The average Bonchev–Trinajstić information content (AvgIpc) is 3.12. The number of hydrogen-bond donors (Lipinski definition) is 11. The van der Waals surface area contributed by atoms with E-state index in [1.54, 1.807) is 0 Å². The van der Waals surface area contributed by atoms with Crippen molar-refractivity contribution >= 4 is 45.0 Å². The number of urea groups is 2. The van der Waals surface area contributed by atoms with Crippen LogP contribution in [0.2, 0.25) is 0 Å². The molecule has 0 saturated carbocycles. The van der Waals surface area contributed by atoms with Gasteiger partial charge in [0.15, 0.2) is 0 Å². The van der Waals surface area contributed by atoms with Gasteiger partial charge in [-0.15, -0.1) is 0 Å². The molecule has 2 fully saturated rings. The molecular formula is C40H57N11O2. The lowest BCUT2D eigenvalue weighted by atomic mass is 9.97. The van der Waals surface area contributed by atoms with Crippen LogP contribution in [-0.2, 0) is 6.54 Å². The van der Waals surface area contributed by atoms with Gasteiger partial charge in [0.25, 0.3) is 0 Å². The molecule has 0 radical (unpaired) electrons. The van der Waals surface area contributed by atoms with Gasteiger partial charge in [0, 0.05) is 30.0 Å². The minimum atomic E-state index is -0.401. The van der Waals surface area contributed by atoms with Crippen LogP contribution in [0.5, 0.6) is 0 Å². The van der Waals surface area contributed by atoms with Crippen LogP contribution in [0.15, 0.2) is 78.9 Å². The third kappa shape index (κ3) is 11.1. The lowest BCUT2D eigenvalue weighted by Gasteiger charge is -2.40. The topological polar surface area (TPSA) is 180 Å². The molecule has 0 spiro atoms. The van der Waals surface area contributed by atoms with E-state index in [4.69, 9.17) is 5.73 Å². The molecule has 6 atom stereocenters. The monoisotopic (exact) mass is 723 g/mol. The zero-order valence-corrected chi connectivity index (χ0v) is 31.3. The van der Waals surface area contributed by atoms with E-state index in [1.165, 1.54) is 5.56 Å². The van der Waals surface area contributed by atoms with E-state index < -0.39 is 6.29 Å². The normalized spacial score (nSPS) is 23.3. The Labute approximate surface area is 312 Å². The molecule has 0 aromatic heterocycles. The summed E-state index contributed by atoms with van der Waals surface area (Å²) >= 11 is 0. The molecule has 2 aliphatic rings. The number of nitrogens with one attached hydrogen (secondary N) is 10. The van der Waals surface area contributed by atoms with Crippen molar-refractivity contribution in [2.45, 2.75) is 90.5 Å². The Balaban J connectivity index is 0.923. The van der Waals surface area contributed by atoms with Crippen LogP contribution in [0, 0.1) is 11.8 Å². The SMILES string of the molecule is CC(C)C1CC(N)NC(NC(=O)Nc2ccc3ccc(CNCCCNC4CC(C(C)C)NC(NC(=O)Nc5ccc6ccccc6c5)N4)cc3c2)N1. The predicted octanol–water partition coefficient (Wildman–Crippen LogP) is 4.40. The van der Waals surface area contributed by atoms with E-state index in [0.29, 0.717) is 11.8 Å². The number of anilines is 2. The highest BCUT2D eigenvalue weighted by molar-refractivity contribution is 5.94. The van der Waals surface area contributed by atoms with E-state index >= 15 is 0 Å².